The maximum atomic E-state index is 11.6. The van der Waals surface area contributed by atoms with E-state index in [0.717, 1.165) is 5.56 Å². The lowest BCUT2D eigenvalue weighted by molar-refractivity contribution is -0.130. The van der Waals surface area contributed by atoms with Crippen LogP contribution >= 0.6 is 0 Å². The van der Waals surface area contributed by atoms with Crippen LogP contribution in [0, 0.1) is 17.2 Å². The molecule has 3 heteroatoms. The van der Waals surface area contributed by atoms with Gasteiger partial charge in [-0.2, -0.15) is 5.26 Å². The maximum absolute atomic E-state index is 11.6. The molecule has 0 aromatic heterocycles. The lowest BCUT2D eigenvalue weighted by atomic mass is 10.0. The van der Waals surface area contributed by atoms with Crippen molar-refractivity contribution in [1.82, 2.24) is 4.90 Å². The number of hydrogen-bond acceptors (Lipinski definition) is 2. The molecule has 1 amide bonds. The first kappa shape index (κ1) is 13.2. The predicted molar refractivity (Wildman–Crippen MR) is 67.0 cm³/mol. The van der Waals surface area contributed by atoms with Crippen LogP contribution in [0.15, 0.2) is 30.3 Å². The van der Waals surface area contributed by atoms with Gasteiger partial charge in [0.1, 0.15) is 6.04 Å². The average molecular weight is 230 g/mol. The van der Waals surface area contributed by atoms with Crippen LogP contribution in [0.3, 0.4) is 0 Å². The van der Waals surface area contributed by atoms with E-state index in [2.05, 4.69) is 6.07 Å². The summed E-state index contributed by atoms with van der Waals surface area (Å²) in [7, 11) is 0. The number of amides is 1. The molecule has 0 saturated carbocycles. The second-order valence-corrected chi connectivity index (χ2v) is 4.51. The second kappa shape index (κ2) is 6.05. The third-order valence-electron chi connectivity index (χ3n) is 2.52. The van der Waals surface area contributed by atoms with Crippen LogP contribution in [0.2, 0.25) is 0 Å². The van der Waals surface area contributed by atoms with E-state index in [-0.39, 0.29) is 5.91 Å². The molecule has 0 spiro atoms. The standard InChI is InChI=1S/C14H18N2O/c1-11(2)10-16(12(3)17)14(9-15)13-7-5-4-6-8-13/h4-8,11,14H,10H2,1-3H3. The summed E-state index contributed by atoms with van der Waals surface area (Å²) in [5, 5.41) is 9.27. The van der Waals surface area contributed by atoms with E-state index < -0.39 is 6.04 Å². The van der Waals surface area contributed by atoms with Crippen LogP contribution < -0.4 is 0 Å². The fourth-order valence-corrected chi connectivity index (χ4v) is 1.77. The zero-order chi connectivity index (χ0) is 12.8. The Morgan fingerprint density at radius 3 is 2.35 bits per heavy atom. The van der Waals surface area contributed by atoms with Crippen molar-refractivity contribution in [2.45, 2.75) is 26.8 Å². The van der Waals surface area contributed by atoms with Crippen molar-refractivity contribution in [3.63, 3.8) is 0 Å². The van der Waals surface area contributed by atoms with Crippen LogP contribution in [-0.2, 0) is 4.79 Å². The van der Waals surface area contributed by atoms with E-state index in [1.54, 1.807) is 4.90 Å². The molecule has 0 N–H and O–H groups in total. The van der Waals surface area contributed by atoms with Gasteiger partial charge in [-0.15, -0.1) is 0 Å². The second-order valence-electron chi connectivity index (χ2n) is 4.51. The molecule has 0 aliphatic heterocycles. The molecule has 90 valence electrons. The number of nitrogens with zero attached hydrogens (tertiary/aromatic N) is 2. The number of benzene rings is 1. The molecule has 1 aromatic carbocycles. The molecule has 0 aliphatic rings. The fourth-order valence-electron chi connectivity index (χ4n) is 1.77. The summed E-state index contributed by atoms with van der Waals surface area (Å²) in [6, 6.07) is 11.1. The minimum Gasteiger partial charge on any atom is -0.323 e. The van der Waals surface area contributed by atoms with E-state index in [9.17, 15) is 10.1 Å². The van der Waals surface area contributed by atoms with E-state index in [0.29, 0.717) is 12.5 Å². The average Bonchev–Trinajstić information content (AvgIpc) is 2.29. The van der Waals surface area contributed by atoms with Crippen LogP contribution in [0.25, 0.3) is 0 Å². The fraction of sp³-hybridized carbons (Fsp3) is 0.429. The van der Waals surface area contributed by atoms with Gasteiger partial charge in [-0.25, -0.2) is 0 Å². The molecule has 0 aliphatic carbocycles. The normalized spacial score (nSPS) is 11.9. The van der Waals surface area contributed by atoms with Crippen LogP contribution in [0.1, 0.15) is 32.4 Å². The summed E-state index contributed by atoms with van der Waals surface area (Å²) < 4.78 is 0. The summed E-state index contributed by atoms with van der Waals surface area (Å²) in [4.78, 5) is 13.3. The third-order valence-corrected chi connectivity index (χ3v) is 2.52. The van der Waals surface area contributed by atoms with Crippen molar-refractivity contribution in [2.75, 3.05) is 6.54 Å². The third kappa shape index (κ3) is 3.60. The molecule has 1 rings (SSSR count). The molecule has 17 heavy (non-hydrogen) atoms. The number of nitriles is 1. The highest BCUT2D eigenvalue weighted by atomic mass is 16.2. The Morgan fingerprint density at radius 2 is 1.94 bits per heavy atom. The Bertz CT molecular complexity index is 406. The van der Waals surface area contributed by atoms with Gasteiger partial charge in [-0.3, -0.25) is 4.79 Å². The first-order valence-corrected chi connectivity index (χ1v) is 5.78. The van der Waals surface area contributed by atoms with E-state index in [4.69, 9.17) is 0 Å². The monoisotopic (exact) mass is 230 g/mol. The molecule has 1 atom stereocenters. The number of rotatable bonds is 4. The van der Waals surface area contributed by atoms with Gasteiger partial charge in [0.25, 0.3) is 0 Å². The van der Waals surface area contributed by atoms with Gasteiger partial charge in [0.2, 0.25) is 5.91 Å². The van der Waals surface area contributed by atoms with Crippen molar-refractivity contribution in [2.24, 2.45) is 5.92 Å². The van der Waals surface area contributed by atoms with Gasteiger partial charge in [0.05, 0.1) is 6.07 Å². The zero-order valence-corrected chi connectivity index (χ0v) is 10.6. The molecule has 1 unspecified atom stereocenters. The highest BCUT2D eigenvalue weighted by Crippen LogP contribution is 2.21. The Kier molecular flexibility index (Phi) is 4.71. The minimum absolute atomic E-state index is 0.0610. The first-order valence-electron chi connectivity index (χ1n) is 5.78. The number of carbonyl (C=O) groups is 1. The van der Waals surface area contributed by atoms with Crippen molar-refractivity contribution in [1.29, 1.82) is 5.26 Å². The lowest BCUT2D eigenvalue weighted by Gasteiger charge is -2.28. The van der Waals surface area contributed by atoms with E-state index >= 15 is 0 Å². The predicted octanol–water partition coefficient (Wildman–Crippen LogP) is 2.76. The summed E-state index contributed by atoms with van der Waals surface area (Å²) in [5.41, 5.74) is 0.867. The highest BCUT2D eigenvalue weighted by Gasteiger charge is 2.22. The topological polar surface area (TPSA) is 44.1 Å². The zero-order valence-electron chi connectivity index (χ0n) is 10.6. The van der Waals surface area contributed by atoms with Gasteiger partial charge in [-0.05, 0) is 11.5 Å². The molecule has 0 fully saturated rings. The van der Waals surface area contributed by atoms with Crippen molar-refractivity contribution < 1.29 is 4.79 Å². The molecular weight excluding hydrogens is 212 g/mol. The van der Waals surface area contributed by atoms with Crippen molar-refractivity contribution >= 4 is 5.91 Å². The molecular formula is C14H18N2O. The summed E-state index contributed by atoms with van der Waals surface area (Å²) in [6.07, 6.45) is 0. The lowest BCUT2D eigenvalue weighted by Crippen LogP contribution is -2.35. The van der Waals surface area contributed by atoms with Gasteiger partial charge < -0.3 is 4.90 Å². The van der Waals surface area contributed by atoms with Gasteiger partial charge in [0, 0.05) is 13.5 Å². The quantitative estimate of drug-likeness (QED) is 0.798. The van der Waals surface area contributed by atoms with Crippen LogP contribution in [0.4, 0.5) is 0 Å². The Morgan fingerprint density at radius 1 is 1.35 bits per heavy atom. The summed E-state index contributed by atoms with van der Waals surface area (Å²) in [5.74, 6) is 0.285. The molecule has 0 bridgehead atoms. The van der Waals surface area contributed by atoms with Crippen molar-refractivity contribution in [3.05, 3.63) is 35.9 Å². The van der Waals surface area contributed by atoms with E-state index in [1.165, 1.54) is 6.92 Å². The van der Waals surface area contributed by atoms with Gasteiger partial charge in [0.15, 0.2) is 0 Å². The van der Waals surface area contributed by atoms with Crippen LogP contribution in [0.5, 0.6) is 0 Å². The van der Waals surface area contributed by atoms with Crippen LogP contribution in [-0.4, -0.2) is 17.4 Å². The minimum atomic E-state index is -0.490. The number of hydrogen-bond donors (Lipinski definition) is 0. The Hall–Kier alpha value is -1.82. The summed E-state index contributed by atoms with van der Waals surface area (Å²) in [6.45, 7) is 6.18. The van der Waals surface area contributed by atoms with Gasteiger partial charge >= 0.3 is 0 Å². The smallest absolute Gasteiger partial charge is 0.220 e. The molecule has 1 aromatic rings. The molecule has 0 saturated heterocycles. The molecule has 0 radical (unpaired) electrons. The Labute approximate surface area is 103 Å². The van der Waals surface area contributed by atoms with Gasteiger partial charge in [-0.1, -0.05) is 44.2 Å². The SMILES string of the molecule is CC(=O)N(CC(C)C)C(C#N)c1ccccc1. The van der Waals surface area contributed by atoms with Crippen molar-refractivity contribution in [3.8, 4) is 6.07 Å². The largest absolute Gasteiger partial charge is 0.323 e. The molecule has 3 nitrogen and oxygen atoms in total. The Balaban J connectivity index is 2.99. The first-order chi connectivity index (χ1) is 8.06. The van der Waals surface area contributed by atoms with E-state index in [1.807, 2.05) is 44.2 Å². The number of carbonyl (C=O) groups excluding carboxylic acids is 1. The molecule has 0 heterocycles. The maximum Gasteiger partial charge on any atom is 0.220 e. The summed E-state index contributed by atoms with van der Waals surface area (Å²) >= 11 is 0. The highest BCUT2D eigenvalue weighted by molar-refractivity contribution is 5.74.